The fraction of sp³-hybridized carbons (Fsp3) is 0.273. The second-order valence-corrected chi connectivity index (χ2v) is 9.02. The lowest BCUT2D eigenvalue weighted by atomic mass is 10.1. The van der Waals surface area contributed by atoms with Gasteiger partial charge in [0.2, 0.25) is 10.0 Å². The van der Waals surface area contributed by atoms with Crippen molar-refractivity contribution >= 4 is 26.8 Å². The first kappa shape index (κ1) is 21.9. The van der Waals surface area contributed by atoms with Crippen LogP contribution in [-0.2, 0) is 16.4 Å². The highest BCUT2D eigenvalue weighted by molar-refractivity contribution is 7.89. The number of fused-ring (bicyclic) bond motifs is 1. The maximum Gasteiger partial charge on any atom is 0.335 e. The number of carboxylic acid groups (broad SMARTS) is 1. The maximum atomic E-state index is 13.4. The van der Waals surface area contributed by atoms with E-state index >= 15 is 0 Å². The summed E-state index contributed by atoms with van der Waals surface area (Å²) in [5.41, 5.74) is 7.57. The van der Waals surface area contributed by atoms with Crippen LogP contribution in [0.3, 0.4) is 0 Å². The molecule has 2 aromatic carbocycles. The van der Waals surface area contributed by atoms with Gasteiger partial charge in [0.15, 0.2) is 0 Å². The average Bonchev–Trinajstić information content (AvgIpc) is 2.73. The highest BCUT2D eigenvalue weighted by atomic mass is 32.2. The molecular weight excluding hydrogens is 402 g/mol. The van der Waals surface area contributed by atoms with Crippen LogP contribution in [0.25, 0.3) is 10.8 Å². The first-order valence-corrected chi connectivity index (χ1v) is 11.1. The van der Waals surface area contributed by atoms with Gasteiger partial charge in [-0.1, -0.05) is 24.3 Å². The summed E-state index contributed by atoms with van der Waals surface area (Å²) in [4.78, 5) is 15.5. The van der Waals surface area contributed by atoms with Gasteiger partial charge in [-0.25, -0.2) is 13.2 Å². The van der Waals surface area contributed by atoms with Gasteiger partial charge >= 0.3 is 5.97 Å². The van der Waals surface area contributed by atoms with Crippen molar-refractivity contribution in [3.8, 4) is 0 Å². The molecule has 0 saturated carbocycles. The minimum atomic E-state index is -3.76. The zero-order valence-corrected chi connectivity index (χ0v) is 17.6. The number of nitrogens with two attached hydrogens (primary N) is 1. The molecule has 0 aliphatic carbocycles. The molecule has 0 atom stereocenters. The average molecular weight is 428 g/mol. The Morgan fingerprint density at radius 2 is 1.90 bits per heavy atom. The molecule has 3 rings (SSSR count). The Labute approximate surface area is 176 Å². The van der Waals surface area contributed by atoms with Crippen molar-refractivity contribution in [3.63, 3.8) is 0 Å². The summed E-state index contributed by atoms with van der Waals surface area (Å²) in [7, 11) is -3.76. The molecule has 3 aromatic rings. The first-order chi connectivity index (χ1) is 14.3. The number of sulfonamides is 1. The van der Waals surface area contributed by atoms with Gasteiger partial charge in [0.05, 0.1) is 10.5 Å². The Morgan fingerprint density at radius 3 is 2.63 bits per heavy atom. The zero-order valence-electron chi connectivity index (χ0n) is 16.8. The largest absolute Gasteiger partial charge is 0.478 e. The van der Waals surface area contributed by atoms with E-state index in [-0.39, 0.29) is 30.1 Å². The summed E-state index contributed by atoms with van der Waals surface area (Å²) in [6, 6.07) is 11.9. The topological polar surface area (TPSA) is 114 Å². The van der Waals surface area contributed by atoms with Crippen molar-refractivity contribution in [3.05, 3.63) is 71.5 Å². The highest BCUT2D eigenvalue weighted by Gasteiger charge is 2.26. The van der Waals surface area contributed by atoms with Crippen LogP contribution in [0.1, 0.15) is 27.9 Å². The molecule has 7 nitrogen and oxygen atoms in total. The third-order valence-electron chi connectivity index (χ3n) is 4.98. The zero-order chi connectivity index (χ0) is 21.7. The third kappa shape index (κ3) is 4.67. The Bertz CT molecular complexity index is 1160. The van der Waals surface area contributed by atoms with E-state index in [9.17, 15) is 13.2 Å². The van der Waals surface area contributed by atoms with E-state index in [0.717, 1.165) is 16.5 Å². The number of rotatable bonds is 9. The lowest BCUT2D eigenvalue weighted by Crippen LogP contribution is -2.36. The predicted molar refractivity (Wildman–Crippen MR) is 116 cm³/mol. The Balaban J connectivity index is 1.84. The smallest absolute Gasteiger partial charge is 0.335 e. The molecule has 0 bridgehead atoms. The van der Waals surface area contributed by atoms with E-state index in [2.05, 4.69) is 4.98 Å². The van der Waals surface area contributed by atoms with Crippen LogP contribution in [0, 0.1) is 6.92 Å². The van der Waals surface area contributed by atoms with Gasteiger partial charge in [-0.15, -0.1) is 0 Å². The van der Waals surface area contributed by atoms with E-state index in [1.165, 1.54) is 10.4 Å². The normalized spacial score (nSPS) is 11.8. The molecule has 30 heavy (non-hydrogen) atoms. The molecule has 0 fully saturated rings. The van der Waals surface area contributed by atoms with Crippen molar-refractivity contribution in [2.45, 2.75) is 24.7 Å². The number of hydrogen-bond donors (Lipinski definition) is 2. The predicted octanol–water partition coefficient (Wildman–Crippen LogP) is 2.82. The van der Waals surface area contributed by atoms with Gasteiger partial charge in [-0.3, -0.25) is 4.98 Å². The van der Waals surface area contributed by atoms with Crippen molar-refractivity contribution in [2.75, 3.05) is 19.6 Å². The molecule has 0 radical (unpaired) electrons. The van der Waals surface area contributed by atoms with Gasteiger partial charge in [0, 0.05) is 42.8 Å². The monoisotopic (exact) mass is 427 g/mol. The summed E-state index contributed by atoms with van der Waals surface area (Å²) in [5.74, 6) is -0.981. The molecule has 0 aliphatic rings. The van der Waals surface area contributed by atoms with Gasteiger partial charge in [-0.2, -0.15) is 4.31 Å². The highest BCUT2D eigenvalue weighted by Crippen LogP contribution is 2.28. The van der Waals surface area contributed by atoms with E-state index in [0.29, 0.717) is 18.2 Å². The molecule has 3 N–H and O–H groups in total. The number of nitrogens with zero attached hydrogens (tertiary/aromatic N) is 2. The van der Waals surface area contributed by atoms with Crippen LogP contribution in [0.15, 0.2) is 59.8 Å². The maximum absolute atomic E-state index is 13.4. The lowest BCUT2D eigenvalue weighted by Gasteiger charge is -2.23. The first-order valence-electron chi connectivity index (χ1n) is 9.70. The van der Waals surface area contributed by atoms with Crippen LogP contribution in [0.5, 0.6) is 0 Å². The summed E-state index contributed by atoms with van der Waals surface area (Å²) in [6.07, 6.45) is 4.43. The standard InChI is InChI=1S/C22H25N3O4S/c1-16-14-24-15-19-8-3-9-20(21(16)19)30(28,29)25(12-10-23)11-4-6-17-5-2-7-18(13-17)22(26)27/h2-3,5,7-9,13-15H,4,6,10-12,23H2,1H3,(H,26,27). The van der Waals surface area contributed by atoms with Crippen molar-refractivity contribution < 1.29 is 18.3 Å². The van der Waals surface area contributed by atoms with Crippen LogP contribution in [0.4, 0.5) is 0 Å². The van der Waals surface area contributed by atoms with Crippen LogP contribution in [0.2, 0.25) is 0 Å². The van der Waals surface area contributed by atoms with Gasteiger partial charge in [-0.05, 0) is 49.1 Å². The fourth-order valence-corrected chi connectivity index (χ4v) is 5.32. The number of aromatic carboxylic acids is 1. The van der Waals surface area contributed by atoms with Gasteiger partial charge < -0.3 is 10.8 Å². The number of carbonyl (C=O) groups is 1. The molecule has 1 heterocycles. The number of hydrogen-bond acceptors (Lipinski definition) is 5. The third-order valence-corrected chi connectivity index (χ3v) is 6.92. The Hall–Kier alpha value is -2.81. The van der Waals surface area contributed by atoms with E-state index in [1.54, 1.807) is 36.7 Å². The number of benzene rings is 2. The molecular formula is C22H25N3O4S. The second kappa shape index (κ2) is 9.34. The minimum absolute atomic E-state index is 0.206. The molecule has 1 aromatic heterocycles. The number of aromatic nitrogens is 1. The number of carboxylic acids is 1. The second-order valence-electron chi connectivity index (χ2n) is 7.11. The SMILES string of the molecule is Cc1cncc2cccc(S(=O)(=O)N(CCN)CCCc3cccc(C(=O)O)c3)c12. The van der Waals surface area contributed by atoms with Crippen LogP contribution >= 0.6 is 0 Å². The molecule has 0 spiro atoms. The van der Waals surface area contributed by atoms with Crippen LogP contribution < -0.4 is 5.73 Å². The molecule has 0 saturated heterocycles. The Kier molecular flexibility index (Phi) is 6.81. The Morgan fingerprint density at radius 1 is 1.13 bits per heavy atom. The summed E-state index contributed by atoms with van der Waals surface area (Å²) in [5, 5.41) is 10.6. The van der Waals surface area contributed by atoms with E-state index in [4.69, 9.17) is 10.8 Å². The summed E-state index contributed by atoms with van der Waals surface area (Å²) < 4.78 is 28.3. The summed E-state index contributed by atoms with van der Waals surface area (Å²) in [6.45, 7) is 2.55. The molecule has 8 heteroatoms. The van der Waals surface area contributed by atoms with Crippen molar-refractivity contribution in [1.82, 2.24) is 9.29 Å². The van der Waals surface area contributed by atoms with E-state index < -0.39 is 16.0 Å². The molecule has 0 unspecified atom stereocenters. The molecule has 0 amide bonds. The van der Waals surface area contributed by atoms with Crippen LogP contribution in [-0.4, -0.2) is 48.4 Å². The fourth-order valence-electron chi connectivity index (χ4n) is 3.54. The van der Waals surface area contributed by atoms with Crippen molar-refractivity contribution in [1.29, 1.82) is 0 Å². The van der Waals surface area contributed by atoms with Gasteiger partial charge in [0.1, 0.15) is 0 Å². The minimum Gasteiger partial charge on any atom is -0.478 e. The number of pyridine rings is 1. The summed E-state index contributed by atoms with van der Waals surface area (Å²) >= 11 is 0. The lowest BCUT2D eigenvalue weighted by molar-refractivity contribution is 0.0696. The molecule has 158 valence electrons. The quantitative estimate of drug-likeness (QED) is 0.543. The van der Waals surface area contributed by atoms with Gasteiger partial charge in [0.25, 0.3) is 0 Å². The number of aryl methyl sites for hydroxylation is 2. The van der Waals surface area contributed by atoms with Crippen molar-refractivity contribution in [2.24, 2.45) is 5.73 Å². The molecule has 0 aliphatic heterocycles. The van der Waals surface area contributed by atoms with E-state index in [1.807, 2.05) is 19.1 Å².